The van der Waals surface area contributed by atoms with E-state index in [2.05, 4.69) is 41.3 Å². The number of aliphatic imine (C=N–C) groups is 1. The molecule has 130 valence electrons. The number of hydrogen-bond donors (Lipinski definition) is 2. The summed E-state index contributed by atoms with van der Waals surface area (Å²) in [5, 5.41) is 6.85. The topological polar surface area (TPSA) is 39.7 Å². The first-order valence-corrected chi connectivity index (χ1v) is 8.95. The average Bonchev–Trinajstić information content (AvgIpc) is 3.30. The number of rotatable bonds is 10. The van der Waals surface area contributed by atoms with Gasteiger partial charge in [0, 0.05) is 38.8 Å². The van der Waals surface area contributed by atoms with Gasteiger partial charge >= 0.3 is 0 Å². The summed E-state index contributed by atoms with van der Waals surface area (Å²) in [6.07, 6.45) is 6.89. The molecule has 0 aromatic carbocycles. The van der Waals surface area contributed by atoms with Gasteiger partial charge in [-0.1, -0.05) is 13.8 Å². The molecule has 22 heavy (non-hydrogen) atoms. The predicted octanol–water partition coefficient (Wildman–Crippen LogP) is 3.08. The second-order valence-corrected chi connectivity index (χ2v) is 7.04. The second-order valence-electron chi connectivity index (χ2n) is 7.04. The molecule has 2 fully saturated rings. The van der Waals surface area contributed by atoms with Crippen LogP contribution in [0.25, 0.3) is 0 Å². The molecule has 2 aliphatic rings. The molecule has 4 nitrogen and oxygen atoms in total. The van der Waals surface area contributed by atoms with Crippen molar-refractivity contribution in [3.05, 3.63) is 0 Å². The van der Waals surface area contributed by atoms with Crippen LogP contribution in [0.5, 0.6) is 0 Å². The summed E-state index contributed by atoms with van der Waals surface area (Å²) in [5.41, 5.74) is 0. The number of guanidine groups is 1. The summed E-state index contributed by atoms with van der Waals surface area (Å²) < 4.78 is 0. The van der Waals surface area contributed by atoms with Gasteiger partial charge in [-0.2, -0.15) is 0 Å². The maximum atomic E-state index is 4.66. The van der Waals surface area contributed by atoms with E-state index in [9.17, 15) is 0 Å². The van der Waals surface area contributed by atoms with Crippen molar-refractivity contribution in [2.24, 2.45) is 16.8 Å². The normalized spacial score (nSPS) is 18.5. The Kier molecular flexibility index (Phi) is 9.71. The number of nitrogens with one attached hydrogen (secondary N) is 2. The first kappa shape index (κ1) is 20.0. The van der Waals surface area contributed by atoms with Crippen molar-refractivity contribution in [3.63, 3.8) is 0 Å². The molecular formula is C17H35IN4. The molecule has 0 amide bonds. The van der Waals surface area contributed by atoms with E-state index >= 15 is 0 Å². The Morgan fingerprint density at radius 2 is 1.91 bits per heavy atom. The second kappa shape index (κ2) is 10.7. The molecule has 0 aliphatic heterocycles. The van der Waals surface area contributed by atoms with Crippen molar-refractivity contribution in [1.29, 1.82) is 0 Å². The van der Waals surface area contributed by atoms with Gasteiger partial charge in [-0.15, -0.1) is 24.0 Å². The molecule has 0 aromatic rings. The van der Waals surface area contributed by atoms with Crippen molar-refractivity contribution in [2.45, 2.75) is 58.9 Å². The Morgan fingerprint density at radius 3 is 2.45 bits per heavy atom. The largest absolute Gasteiger partial charge is 0.357 e. The first-order valence-electron chi connectivity index (χ1n) is 8.95. The third-order valence-electron chi connectivity index (χ3n) is 4.26. The van der Waals surface area contributed by atoms with Gasteiger partial charge in [-0.3, -0.25) is 9.89 Å². The zero-order valence-corrected chi connectivity index (χ0v) is 16.9. The van der Waals surface area contributed by atoms with E-state index in [1.54, 1.807) is 0 Å². The summed E-state index contributed by atoms with van der Waals surface area (Å²) in [4.78, 5) is 7.36. The lowest BCUT2D eigenvalue weighted by Gasteiger charge is -2.22. The molecule has 2 aliphatic carbocycles. The molecule has 2 N–H and O–H groups in total. The van der Waals surface area contributed by atoms with Crippen LogP contribution in [0.15, 0.2) is 4.99 Å². The molecule has 0 unspecified atom stereocenters. The molecule has 2 saturated carbocycles. The molecule has 2 rings (SSSR count). The Morgan fingerprint density at radius 1 is 1.18 bits per heavy atom. The van der Waals surface area contributed by atoms with Crippen LogP contribution < -0.4 is 10.6 Å². The van der Waals surface area contributed by atoms with Crippen LogP contribution >= 0.6 is 24.0 Å². The highest BCUT2D eigenvalue weighted by atomic mass is 127. The summed E-state index contributed by atoms with van der Waals surface area (Å²) in [6, 6.07) is 0.882. The lowest BCUT2D eigenvalue weighted by Crippen LogP contribution is -2.42. The molecule has 0 aromatic heterocycles. The smallest absolute Gasteiger partial charge is 0.191 e. The van der Waals surface area contributed by atoms with E-state index in [-0.39, 0.29) is 24.0 Å². The van der Waals surface area contributed by atoms with E-state index < -0.39 is 0 Å². The summed E-state index contributed by atoms with van der Waals surface area (Å²) in [7, 11) is 0. The van der Waals surface area contributed by atoms with Gasteiger partial charge in [-0.05, 0) is 50.9 Å². The van der Waals surface area contributed by atoms with Gasteiger partial charge in [0.2, 0.25) is 0 Å². The minimum atomic E-state index is 0. The quantitative estimate of drug-likeness (QED) is 0.323. The van der Waals surface area contributed by atoms with Crippen LogP contribution in [0, 0.1) is 11.8 Å². The van der Waals surface area contributed by atoms with Crippen LogP contribution in [0.1, 0.15) is 52.9 Å². The molecule has 0 atom stereocenters. The minimum Gasteiger partial charge on any atom is -0.357 e. The van der Waals surface area contributed by atoms with Crippen molar-refractivity contribution >= 4 is 29.9 Å². The maximum Gasteiger partial charge on any atom is 0.191 e. The standard InChI is InChI=1S/C17H34N4.HI/c1-4-18-17(19-10-9-14(2)3)20-11-12-21(16-7-8-16)13-15-5-6-15;/h14-16H,4-13H2,1-3H3,(H2,18,19,20);1H. The Labute approximate surface area is 153 Å². The maximum absolute atomic E-state index is 4.66. The predicted molar refractivity (Wildman–Crippen MR) is 106 cm³/mol. The van der Waals surface area contributed by atoms with Gasteiger partial charge in [0.1, 0.15) is 0 Å². The highest BCUT2D eigenvalue weighted by molar-refractivity contribution is 14.0. The van der Waals surface area contributed by atoms with E-state index in [0.717, 1.165) is 56.4 Å². The summed E-state index contributed by atoms with van der Waals surface area (Å²) >= 11 is 0. The molecular weight excluding hydrogens is 387 g/mol. The van der Waals surface area contributed by atoms with Gasteiger partial charge in [0.25, 0.3) is 0 Å². The summed E-state index contributed by atoms with van der Waals surface area (Å²) in [5.74, 6) is 2.71. The van der Waals surface area contributed by atoms with Gasteiger partial charge in [0.05, 0.1) is 0 Å². The Hall–Kier alpha value is -0.0400. The lowest BCUT2D eigenvalue weighted by atomic mass is 10.1. The first-order chi connectivity index (χ1) is 10.2. The zero-order chi connectivity index (χ0) is 15.1. The molecule has 0 radical (unpaired) electrons. The average molecular weight is 422 g/mol. The van der Waals surface area contributed by atoms with Crippen molar-refractivity contribution < 1.29 is 0 Å². The molecule has 0 heterocycles. The van der Waals surface area contributed by atoms with Crippen LogP contribution in [-0.4, -0.2) is 49.6 Å². The third-order valence-corrected chi connectivity index (χ3v) is 4.26. The fraction of sp³-hybridized carbons (Fsp3) is 0.941. The van der Waals surface area contributed by atoms with Crippen LogP contribution in [0.2, 0.25) is 0 Å². The lowest BCUT2D eigenvalue weighted by molar-refractivity contribution is 0.256. The third kappa shape index (κ3) is 8.56. The highest BCUT2D eigenvalue weighted by Crippen LogP contribution is 2.34. The van der Waals surface area contributed by atoms with E-state index in [0.29, 0.717) is 0 Å². The van der Waals surface area contributed by atoms with Crippen LogP contribution in [-0.2, 0) is 0 Å². The highest BCUT2D eigenvalue weighted by Gasteiger charge is 2.33. The van der Waals surface area contributed by atoms with Gasteiger partial charge < -0.3 is 10.6 Å². The number of nitrogens with zero attached hydrogens (tertiary/aromatic N) is 2. The molecule has 0 spiro atoms. The molecule has 0 saturated heterocycles. The number of halogens is 1. The summed E-state index contributed by atoms with van der Waals surface area (Å²) in [6.45, 7) is 12.0. The fourth-order valence-electron chi connectivity index (χ4n) is 2.59. The Balaban J connectivity index is 0.00000242. The fourth-order valence-corrected chi connectivity index (χ4v) is 2.59. The van der Waals surface area contributed by atoms with E-state index in [1.165, 1.54) is 32.2 Å². The van der Waals surface area contributed by atoms with Crippen molar-refractivity contribution in [1.82, 2.24) is 15.5 Å². The van der Waals surface area contributed by atoms with Crippen molar-refractivity contribution in [3.8, 4) is 0 Å². The zero-order valence-electron chi connectivity index (χ0n) is 14.6. The van der Waals surface area contributed by atoms with E-state index in [4.69, 9.17) is 0 Å². The Bertz CT molecular complexity index is 325. The van der Waals surface area contributed by atoms with Crippen molar-refractivity contribution in [2.75, 3.05) is 32.7 Å². The van der Waals surface area contributed by atoms with Crippen LogP contribution in [0.4, 0.5) is 0 Å². The monoisotopic (exact) mass is 422 g/mol. The van der Waals surface area contributed by atoms with Crippen LogP contribution in [0.3, 0.4) is 0 Å². The van der Waals surface area contributed by atoms with E-state index in [1.807, 2.05) is 0 Å². The SMILES string of the molecule is CCNC(=NCCC(C)C)NCCN(CC1CC1)C1CC1.I. The molecule has 0 bridgehead atoms. The minimum absolute atomic E-state index is 0. The van der Waals surface area contributed by atoms with Gasteiger partial charge in [0.15, 0.2) is 5.96 Å². The van der Waals surface area contributed by atoms with Gasteiger partial charge in [-0.25, -0.2) is 0 Å². The number of hydrogen-bond acceptors (Lipinski definition) is 2. The molecule has 5 heteroatoms.